The Labute approximate surface area is 148 Å². The molecule has 3 N–H and O–H groups in total. The van der Waals surface area contributed by atoms with Gasteiger partial charge < -0.3 is 15.7 Å². The first-order valence-electron chi connectivity index (χ1n) is 7.95. The predicted molar refractivity (Wildman–Crippen MR) is 94.8 cm³/mol. The van der Waals surface area contributed by atoms with Gasteiger partial charge in [-0.15, -0.1) is 11.3 Å². The lowest BCUT2D eigenvalue weighted by Crippen LogP contribution is -2.22. The second-order valence-electron chi connectivity index (χ2n) is 6.14. The van der Waals surface area contributed by atoms with Crippen LogP contribution < -0.4 is 10.6 Å². The molecular weight excluding hydrogens is 340 g/mol. The Morgan fingerprint density at radius 1 is 1.16 bits per heavy atom. The number of benzene rings is 1. The Bertz CT molecular complexity index is 813. The van der Waals surface area contributed by atoms with Gasteiger partial charge >= 0.3 is 5.97 Å². The number of amides is 2. The zero-order valence-corrected chi connectivity index (χ0v) is 14.4. The number of carboxylic acids is 1. The molecule has 1 heterocycles. The summed E-state index contributed by atoms with van der Waals surface area (Å²) in [4.78, 5) is 35.9. The van der Waals surface area contributed by atoms with E-state index in [1.807, 2.05) is 6.92 Å². The van der Waals surface area contributed by atoms with Crippen LogP contribution in [0.4, 0.5) is 5.69 Å². The van der Waals surface area contributed by atoms with Gasteiger partial charge in [0.15, 0.2) is 0 Å². The summed E-state index contributed by atoms with van der Waals surface area (Å²) in [6.07, 6.45) is 0.929. The minimum Gasteiger partial charge on any atom is -0.477 e. The number of anilines is 1. The first-order chi connectivity index (χ1) is 11.9. The molecule has 0 saturated heterocycles. The van der Waals surface area contributed by atoms with E-state index in [1.165, 1.54) is 6.07 Å². The molecule has 1 fully saturated rings. The first-order valence-corrected chi connectivity index (χ1v) is 8.77. The fourth-order valence-corrected chi connectivity index (χ4v) is 3.27. The SMILES string of the molecule is CC1CC1C(=O)Nc1ccc(C(=O)NCc2ccc(C(=O)O)s2)cc1. The van der Waals surface area contributed by atoms with Gasteiger partial charge in [-0.25, -0.2) is 4.79 Å². The average Bonchev–Trinajstić information content (AvgIpc) is 3.13. The molecular formula is C18H18N2O4S. The van der Waals surface area contributed by atoms with Gasteiger partial charge in [-0.05, 0) is 48.7 Å². The molecule has 7 heteroatoms. The normalized spacial score (nSPS) is 18.4. The number of carbonyl (C=O) groups is 3. The molecule has 25 heavy (non-hydrogen) atoms. The Balaban J connectivity index is 1.53. The number of hydrogen-bond donors (Lipinski definition) is 3. The van der Waals surface area contributed by atoms with Gasteiger partial charge in [0, 0.05) is 22.0 Å². The van der Waals surface area contributed by atoms with Gasteiger partial charge in [-0.3, -0.25) is 9.59 Å². The number of thiophene rings is 1. The topological polar surface area (TPSA) is 95.5 Å². The quantitative estimate of drug-likeness (QED) is 0.740. The zero-order valence-electron chi connectivity index (χ0n) is 13.6. The number of carboxylic acid groups (broad SMARTS) is 1. The van der Waals surface area contributed by atoms with Gasteiger partial charge in [0.25, 0.3) is 5.91 Å². The van der Waals surface area contributed by atoms with Crippen molar-refractivity contribution in [3.63, 3.8) is 0 Å². The van der Waals surface area contributed by atoms with Crippen LogP contribution in [0.1, 0.15) is 38.3 Å². The molecule has 1 saturated carbocycles. The average molecular weight is 358 g/mol. The van der Waals surface area contributed by atoms with Gasteiger partial charge in [0.05, 0.1) is 6.54 Å². The minimum absolute atomic E-state index is 0.0247. The van der Waals surface area contributed by atoms with Gasteiger partial charge in [0.1, 0.15) is 4.88 Å². The van der Waals surface area contributed by atoms with E-state index >= 15 is 0 Å². The highest BCUT2D eigenvalue weighted by Gasteiger charge is 2.39. The Morgan fingerprint density at radius 2 is 1.84 bits per heavy atom. The van der Waals surface area contributed by atoms with Crippen LogP contribution in [0.3, 0.4) is 0 Å². The van der Waals surface area contributed by atoms with E-state index in [4.69, 9.17) is 5.11 Å². The van der Waals surface area contributed by atoms with Crippen LogP contribution in [0.5, 0.6) is 0 Å². The minimum atomic E-state index is -0.971. The standard InChI is InChI=1S/C18H18N2O4S/c1-10-8-14(10)17(22)20-12-4-2-11(3-5-12)16(21)19-9-13-6-7-15(25-13)18(23)24/h2-7,10,14H,8-9H2,1H3,(H,19,21)(H,20,22)(H,23,24). The molecule has 2 atom stereocenters. The number of nitrogens with one attached hydrogen (secondary N) is 2. The van der Waals surface area contributed by atoms with Gasteiger partial charge in [-0.2, -0.15) is 0 Å². The molecule has 130 valence electrons. The Kier molecular flexibility index (Phi) is 4.85. The van der Waals surface area contributed by atoms with Crippen LogP contribution in [0.15, 0.2) is 36.4 Å². The maximum Gasteiger partial charge on any atom is 0.345 e. The fraction of sp³-hybridized carbons (Fsp3) is 0.278. The van der Waals surface area contributed by atoms with Gasteiger partial charge in [-0.1, -0.05) is 6.92 Å². The smallest absolute Gasteiger partial charge is 0.345 e. The summed E-state index contributed by atoms with van der Waals surface area (Å²) >= 11 is 1.13. The highest BCUT2D eigenvalue weighted by Crippen LogP contribution is 2.38. The summed E-state index contributed by atoms with van der Waals surface area (Å²) in [6, 6.07) is 9.91. The molecule has 1 aromatic heterocycles. The molecule has 2 unspecified atom stereocenters. The molecule has 0 bridgehead atoms. The van der Waals surface area contributed by atoms with Gasteiger partial charge in [0.2, 0.25) is 5.91 Å². The first kappa shape index (κ1) is 17.2. The third kappa shape index (κ3) is 4.24. The second-order valence-corrected chi connectivity index (χ2v) is 7.31. The van der Waals surface area contributed by atoms with Crippen molar-refractivity contribution in [1.29, 1.82) is 0 Å². The van der Waals surface area contributed by atoms with Crippen molar-refractivity contribution < 1.29 is 19.5 Å². The number of rotatable bonds is 6. The molecule has 1 aliphatic carbocycles. The van der Waals surface area contributed by atoms with Crippen LogP contribution >= 0.6 is 11.3 Å². The van der Waals surface area contributed by atoms with E-state index in [9.17, 15) is 14.4 Å². The monoisotopic (exact) mass is 358 g/mol. The van der Waals surface area contributed by atoms with E-state index in [-0.39, 0.29) is 29.2 Å². The summed E-state index contributed by atoms with van der Waals surface area (Å²) < 4.78 is 0. The molecule has 0 radical (unpaired) electrons. The molecule has 2 amide bonds. The van der Waals surface area contributed by atoms with Crippen molar-refractivity contribution in [3.8, 4) is 0 Å². The van der Waals surface area contributed by atoms with Crippen molar-refractivity contribution in [2.75, 3.05) is 5.32 Å². The van der Waals surface area contributed by atoms with E-state index in [2.05, 4.69) is 10.6 Å². The summed E-state index contributed by atoms with van der Waals surface area (Å²) in [5, 5.41) is 14.5. The highest BCUT2D eigenvalue weighted by atomic mass is 32.1. The van der Waals surface area contributed by atoms with Crippen LogP contribution in [0.25, 0.3) is 0 Å². The van der Waals surface area contributed by atoms with Crippen LogP contribution in [0, 0.1) is 11.8 Å². The predicted octanol–water partition coefficient (Wildman–Crippen LogP) is 2.97. The number of hydrogen-bond acceptors (Lipinski definition) is 4. The third-order valence-corrected chi connectivity index (χ3v) is 5.23. The van der Waals surface area contributed by atoms with Crippen molar-refractivity contribution in [2.45, 2.75) is 19.9 Å². The fourth-order valence-electron chi connectivity index (χ4n) is 2.48. The van der Waals surface area contributed by atoms with Crippen LogP contribution in [0.2, 0.25) is 0 Å². The van der Waals surface area contributed by atoms with E-state index in [0.29, 0.717) is 17.2 Å². The largest absolute Gasteiger partial charge is 0.477 e. The maximum absolute atomic E-state index is 12.1. The highest BCUT2D eigenvalue weighted by molar-refractivity contribution is 7.13. The summed E-state index contributed by atoms with van der Waals surface area (Å²) in [5.74, 6) is -0.648. The molecule has 2 aromatic rings. The van der Waals surface area contributed by atoms with Crippen LogP contribution in [-0.2, 0) is 11.3 Å². The summed E-state index contributed by atoms with van der Waals surface area (Å²) in [6.45, 7) is 2.32. The molecule has 6 nitrogen and oxygen atoms in total. The molecule has 0 aliphatic heterocycles. The number of aromatic carboxylic acids is 1. The third-order valence-electron chi connectivity index (χ3n) is 4.16. The van der Waals surface area contributed by atoms with Crippen molar-refractivity contribution >= 4 is 34.8 Å². The molecule has 0 spiro atoms. The van der Waals surface area contributed by atoms with Crippen molar-refractivity contribution in [2.24, 2.45) is 11.8 Å². The lowest BCUT2D eigenvalue weighted by Gasteiger charge is -2.07. The van der Waals surface area contributed by atoms with E-state index < -0.39 is 5.97 Å². The Hall–Kier alpha value is -2.67. The molecule has 3 rings (SSSR count). The summed E-state index contributed by atoms with van der Waals surface area (Å²) in [7, 11) is 0. The van der Waals surface area contributed by atoms with E-state index in [0.717, 1.165) is 22.6 Å². The van der Waals surface area contributed by atoms with Crippen LogP contribution in [-0.4, -0.2) is 22.9 Å². The zero-order chi connectivity index (χ0) is 18.0. The van der Waals surface area contributed by atoms with Crippen molar-refractivity contribution in [1.82, 2.24) is 5.32 Å². The summed E-state index contributed by atoms with van der Waals surface area (Å²) in [5.41, 5.74) is 1.15. The Morgan fingerprint density at radius 3 is 2.40 bits per heavy atom. The van der Waals surface area contributed by atoms with E-state index in [1.54, 1.807) is 30.3 Å². The number of carbonyl (C=O) groups excluding carboxylic acids is 2. The molecule has 1 aromatic carbocycles. The van der Waals surface area contributed by atoms with Crippen molar-refractivity contribution in [3.05, 3.63) is 51.7 Å². The second kappa shape index (κ2) is 7.06. The molecule has 1 aliphatic rings. The lowest BCUT2D eigenvalue weighted by molar-refractivity contribution is -0.117. The maximum atomic E-state index is 12.1. The lowest BCUT2D eigenvalue weighted by atomic mass is 10.2.